The lowest BCUT2D eigenvalue weighted by atomic mass is 9.53. The molecule has 134 valence electrons. The minimum atomic E-state index is -1.06. The smallest absolute Gasteiger partial charge is 0.330 e. The summed E-state index contributed by atoms with van der Waals surface area (Å²) in [6.07, 6.45) is 0.769. The van der Waals surface area contributed by atoms with Crippen LogP contribution in [0.4, 0.5) is 0 Å². The number of ether oxygens (including phenoxy) is 2. The molecule has 0 heterocycles. The summed E-state index contributed by atoms with van der Waals surface area (Å²) >= 11 is 0. The van der Waals surface area contributed by atoms with Gasteiger partial charge in [0, 0.05) is 6.08 Å². The average Bonchev–Trinajstić information content (AvgIpc) is 2.47. The molecule has 5 heteroatoms. The second-order valence-electron chi connectivity index (χ2n) is 7.70. The minimum absolute atomic E-state index is 0.214. The number of carbonyl (C=O) groups excluding carboxylic acids is 2. The van der Waals surface area contributed by atoms with Gasteiger partial charge in [0.2, 0.25) is 0 Å². The van der Waals surface area contributed by atoms with Crippen LogP contribution in [0.3, 0.4) is 0 Å². The van der Waals surface area contributed by atoms with E-state index in [1.54, 1.807) is 0 Å². The van der Waals surface area contributed by atoms with E-state index in [2.05, 4.69) is 6.58 Å². The third-order valence-electron chi connectivity index (χ3n) is 5.14. The first kappa shape index (κ1) is 21.6. The second kappa shape index (κ2) is 7.95. The Morgan fingerprint density at radius 3 is 1.96 bits per heavy atom. The van der Waals surface area contributed by atoms with Crippen molar-refractivity contribution in [1.29, 1.82) is 0 Å². The maximum Gasteiger partial charge on any atom is 0.330 e. The Balaban J connectivity index is 4.96. The first-order valence-corrected chi connectivity index (χ1v) is 7.98. The van der Waals surface area contributed by atoms with Crippen molar-refractivity contribution in [2.24, 2.45) is 16.2 Å². The summed E-state index contributed by atoms with van der Waals surface area (Å²) in [5, 5.41) is 9.78. The van der Waals surface area contributed by atoms with Crippen LogP contribution < -0.4 is 0 Å². The van der Waals surface area contributed by atoms with Crippen LogP contribution in [0.5, 0.6) is 0 Å². The van der Waals surface area contributed by atoms with Gasteiger partial charge in [0.05, 0.1) is 5.41 Å². The lowest BCUT2D eigenvalue weighted by Crippen LogP contribution is -2.52. The quantitative estimate of drug-likeness (QED) is 0.547. The van der Waals surface area contributed by atoms with Gasteiger partial charge >= 0.3 is 11.9 Å². The van der Waals surface area contributed by atoms with E-state index >= 15 is 0 Å². The zero-order valence-electron chi connectivity index (χ0n) is 15.6. The summed E-state index contributed by atoms with van der Waals surface area (Å²) in [5.41, 5.74) is -1.32. The molecule has 0 aromatic heterocycles. The zero-order valence-corrected chi connectivity index (χ0v) is 15.6. The van der Waals surface area contributed by atoms with Gasteiger partial charge in [-0.1, -0.05) is 48.1 Å². The van der Waals surface area contributed by atoms with Gasteiger partial charge in [-0.25, -0.2) is 4.79 Å². The molecule has 0 saturated carbocycles. The van der Waals surface area contributed by atoms with E-state index in [-0.39, 0.29) is 30.0 Å². The molecule has 0 saturated heterocycles. The molecule has 2 atom stereocenters. The number of rotatable bonds is 8. The van der Waals surface area contributed by atoms with Gasteiger partial charge < -0.3 is 14.6 Å². The van der Waals surface area contributed by atoms with Gasteiger partial charge in [0.1, 0.15) is 19.3 Å². The van der Waals surface area contributed by atoms with Crippen molar-refractivity contribution in [3.63, 3.8) is 0 Å². The van der Waals surface area contributed by atoms with Gasteiger partial charge in [0.25, 0.3) is 0 Å². The Bertz CT molecular complexity index is 433. The van der Waals surface area contributed by atoms with Crippen LogP contribution in [0.1, 0.15) is 54.9 Å². The van der Waals surface area contributed by atoms with E-state index in [4.69, 9.17) is 9.47 Å². The molecular weight excluding hydrogens is 296 g/mol. The van der Waals surface area contributed by atoms with Crippen molar-refractivity contribution in [2.45, 2.75) is 61.0 Å². The van der Waals surface area contributed by atoms with E-state index in [0.717, 1.165) is 12.5 Å². The van der Waals surface area contributed by atoms with Crippen molar-refractivity contribution in [3.8, 4) is 0 Å². The molecule has 23 heavy (non-hydrogen) atoms. The molecule has 0 spiro atoms. The van der Waals surface area contributed by atoms with E-state index < -0.39 is 17.5 Å². The number of hydrogen-bond donors (Lipinski definition) is 1. The van der Waals surface area contributed by atoms with Gasteiger partial charge in [-0.15, -0.1) is 0 Å². The lowest BCUT2D eigenvalue weighted by molar-refractivity contribution is -0.178. The molecule has 0 radical (unpaired) electrons. The maximum atomic E-state index is 12.8. The van der Waals surface area contributed by atoms with Crippen LogP contribution in [-0.2, 0) is 19.1 Å². The standard InChI is InChI=1S/C18H32O5/c1-9-14(20)22-11-13(19)12-23-15(21)18(8,16(3,4)5)17(6,7)10-2/h9,13,19H,1,10-12H2,2-8H3. The second-order valence-corrected chi connectivity index (χ2v) is 7.70. The largest absolute Gasteiger partial charge is 0.462 e. The van der Waals surface area contributed by atoms with Gasteiger partial charge in [-0.05, 0) is 24.2 Å². The van der Waals surface area contributed by atoms with Crippen molar-refractivity contribution in [2.75, 3.05) is 13.2 Å². The van der Waals surface area contributed by atoms with Crippen molar-refractivity contribution in [1.82, 2.24) is 0 Å². The Morgan fingerprint density at radius 1 is 1.09 bits per heavy atom. The minimum Gasteiger partial charge on any atom is -0.462 e. The fraction of sp³-hybridized carbons (Fsp3) is 0.778. The molecule has 0 aliphatic heterocycles. The van der Waals surface area contributed by atoms with Crippen molar-refractivity contribution >= 4 is 11.9 Å². The highest BCUT2D eigenvalue weighted by molar-refractivity contribution is 5.81. The Kier molecular flexibility index (Phi) is 7.48. The average molecular weight is 328 g/mol. The van der Waals surface area contributed by atoms with Crippen LogP contribution in [-0.4, -0.2) is 36.4 Å². The molecule has 0 amide bonds. The molecule has 0 fully saturated rings. The molecule has 0 aromatic carbocycles. The summed E-state index contributed by atoms with van der Waals surface area (Å²) in [6.45, 7) is 16.9. The fourth-order valence-electron chi connectivity index (χ4n) is 2.55. The first-order chi connectivity index (χ1) is 10.3. The molecule has 0 aliphatic carbocycles. The number of aliphatic hydroxyl groups is 1. The highest BCUT2D eigenvalue weighted by Gasteiger charge is 2.55. The number of aliphatic hydroxyl groups excluding tert-OH is 1. The molecule has 0 rings (SSSR count). The number of esters is 2. The number of hydrogen-bond acceptors (Lipinski definition) is 5. The predicted molar refractivity (Wildman–Crippen MR) is 89.8 cm³/mol. The molecule has 5 nitrogen and oxygen atoms in total. The summed E-state index contributed by atoms with van der Waals surface area (Å²) in [4.78, 5) is 23.7. The summed E-state index contributed by atoms with van der Waals surface area (Å²) in [6, 6.07) is 0. The first-order valence-electron chi connectivity index (χ1n) is 7.98. The predicted octanol–water partition coefficient (Wildman–Crippen LogP) is 3.11. The Labute approximate surface area is 140 Å². The van der Waals surface area contributed by atoms with Gasteiger partial charge in [-0.2, -0.15) is 0 Å². The van der Waals surface area contributed by atoms with Crippen LogP contribution in [0.2, 0.25) is 0 Å². The monoisotopic (exact) mass is 328 g/mol. The molecule has 0 aromatic rings. The Morgan fingerprint density at radius 2 is 1.57 bits per heavy atom. The van der Waals surface area contributed by atoms with E-state index in [1.165, 1.54) is 0 Å². The third-order valence-corrected chi connectivity index (χ3v) is 5.14. The summed E-state index contributed by atoms with van der Waals surface area (Å²) in [7, 11) is 0. The lowest BCUT2D eigenvalue weighted by Gasteiger charge is -2.50. The molecule has 1 N–H and O–H groups in total. The van der Waals surface area contributed by atoms with Crippen LogP contribution in [0.25, 0.3) is 0 Å². The summed E-state index contributed by atoms with van der Waals surface area (Å²) < 4.78 is 10.1. The van der Waals surface area contributed by atoms with E-state index in [1.807, 2.05) is 48.5 Å². The maximum absolute atomic E-state index is 12.8. The van der Waals surface area contributed by atoms with Crippen molar-refractivity contribution in [3.05, 3.63) is 12.7 Å². The van der Waals surface area contributed by atoms with Crippen LogP contribution >= 0.6 is 0 Å². The molecule has 2 unspecified atom stereocenters. The number of carbonyl (C=O) groups is 2. The summed E-state index contributed by atoms with van der Waals surface area (Å²) in [5.74, 6) is -0.979. The SMILES string of the molecule is C=CC(=O)OCC(O)COC(=O)C(C)(C(C)(C)C)C(C)(C)CC. The highest BCUT2D eigenvalue weighted by atomic mass is 16.6. The van der Waals surface area contributed by atoms with Crippen LogP contribution in [0.15, 0.2) is 12.7 Å². The van der Waals surface area contributed by atoms with Gasteiger partial charge in [-0.3, -0.25) is 4.79 Å². The highest BCUT2D eigenvalue weighted by Crippen LogP contribution is 2.53. The molecular formula is C18H32O5. The molecule has 0 bridgehead atoms. The van der Waals surface area contributed by atoms with Crippen LogP contribution in [0, 0.1) is 16.2 Å². The van der Waals surface area contributed by atoms with E-state index in [0.29, 0.717) is 0 Å². The van der Waals surface area contributed by atoms with E-state index in [9.17, 15) is 14.7 Å². The fourth-order valence-corrected chi connectivity index (χ4v) is 2.55. The third kappa shape index (κ3) is 5.06. The molecule has 0 aliphatic rings. The van der Waals surface area contributed by atoms with Crippen molar-refractivity contribution < 1.29 is 24.2 Å². The topological polar surface area (TPSA) is 72.8 Å². The Hall–Kier alpha value is -1.36. The normalized spacial score (nSPS) is 16.2. The van der Waals surface area contributed by atoms with Gasteiger partial charge in [0.15, 0.2) is 0 Å². The zero-order chi connectivity index (χ0) is 18.5.